The first-order chi connectivity index (χ1) is 9.69. The highest BCUT2D eigenvalue weighted by Gasteiger charge is 2.41. The van der Waals surface area contributed by atoms with Crippen LogP contribution in [0.2, 0.25) is 0 Å². The number of thiocarbonyl (C=S) groups is 1. The molecule has 1 aromatic rings. The third-order valence-corrected chi connectivity index (χ3v) is 4.62. The molecule has 1 heterocycles. The number of rotatable bonds is 3. The number of ether oxygens (including phenoxy) is 1. The van der Waals surface area contributed by atoms with Gasteiger partial charge in [-0.05, 0) is 30.5 Å². The van der Waals surface area contributed by atoms with E-state index in [4.69, 9.17) is 17.0 Å². The molecule has 1 saturated carbocycles. The number of benzene rings is 1. The largest absolute Gasteiger partial charge is 0.497 e. The van der Waals surface area contributed by atoms with E-state index in [1.165, 1.54) is 0 Å². The quantitative estimate of drug-likeness (QED) is 0.870. The van der Waals surface area contributed by atoms with Gasteiger partial charge in [0.2, 0.25) is 0 Å². The van der Waals surface area contributed by atoms with E-state index in [-0.39, 0.29) is 12.1 Å². The predicted molar refractivity (Wildman–Crippen MR) is 80.8 cm³/mol. The van der Waals surface area contributed by atoms with E-state index in [1.807, 2.05) is 29.2 Å². The van der Waals surface area contributed by atoms with Crippen LogP contribution in [0.5, 0.6) is 5.75 Å². The molecule has 1 aromatic carbocycles. The number of urea groups is 1. The molecule has 0 spiro atoms. The molecule has 0 aromatic heterocycles. The van der Waals surface area contributed by atoms with Crippen molar-refractivity contribution in [2.45, 2.75) is 31.8 Å². The SMILES string of the molecule is COc1ccc(CN2C(=O)NC(=S)C3CCCC32)cc1. The van der Waals surface area contributed by atoms with Crippen LogP contribution in [0.15, 0.2) is 24.3 Å². The van der Waals surface area contributed by atoms with Crippen LogP contribution in [-0.2, 0) is 6.54 Å². The van der Waals surface area contributed by atoms with Crippen LogP contribution in [0, 0.1) is 5.92 Å². The van der Waals surface area contributed by atoms with Crippen molar-refractivity contribution >= 4 is 23.2 Å². The molecule has 2 fully saturated rings. The second-order valence-corrected chi connectivity index (χ2v) is 5.81. The van der Waals surface area contributed by atoms with Crippen LogP contribution < -0.4 is 10.1 Å². The summed E-state index contributed by atoms with van der Waals surface area (Å²) in [6, 6.07) is 8.06. The van der Waals surface area contributed by atoms with Gasteiger partial charge in [-0.25, -0.2) is 4.79 Å². The lowest BCUT2D eigenvalue weighted by Gasteiger charge is -2.38. The second-order valence-electron chi connectivity index (χ2n) is 5.38. The van der Waals surface area contributed by atoms with Crippen LogP contribution >= 0.6 is 12.2 Å². The van der Waals surface area contributed by atoms with Crippen LogP contribution in [-0.4, -0.2) is 29.1 Å². The lowest BCUT2D eigenvalue weighted by Crippen LogP contribution is -2.57. The van der Waals surface area contributed by atoms with Crippen molar-refractivity contribution < 1.29 is 9.53 Å². The summed E-state index contributed by atoms with van der Waals surface area (Å²) >= 11 is 5.30. The molecule has 3 rings (SSSR count). The Morgan fingerprint density at radius 1 is 1.35 bits per heavy atom. The minimum Gasteiger partial charge on any atom is -0.497 e. The summed E-state index contributed by atoms with van der Waals surface area (Å²) in [6.45, 7) is 0.625. The number of hydrogen-bond donors (Lipinski definition) is 1. The van der Waals surface area contributed by atoms with Gasteiger partial charge in [0.15, 0.2) is 0 Å². The Morgan fingerprint density at radius 2 is 2.10 bits per heavy atom. The van der Waals surface area contributed by atoms with E-state index < -0.39 is 0 Å². The highest BCUT2D eigenvalue weighted by atomic mass is 32.1. The van der Waals surface area contributed by atoms with Gasteiger partial charge in [-0.3, -0.25) is 0 Å². The van der Waals surface area contributed by atoms with Crippen molar-refractivity contribution in [2.75, 3.05) is 7.11 Å². The van der Waals surface area contributed by atoms with E-state index >= 15 is 0 Å². The van der Waals surface area contributed by atoms with Gasteiger partial charge >= 0.3 is 6.03 Å². The molecular weight excluding hydrogens is 272 g/mol. The van der Waals surface area contributed by atoms with Crippen LogP contribution in [0.4, 0.5) is 4.79 Å². The molecular formula is C15H18N2O2S. The molecule has 2 unspecified atom stereocenters. The number of nitrogens with zero attached hydrogens (tertiary/aromatic N) is 1. The van der Waals surface area contributed by atoms with E-state index in [9.17, 15) is 4.79 Å². The maximum absolute atomic E-state index is 12.2. The highest BCUT2D eigenvalue weighted by molar-refractivity contribution is 7.80. The lowest BCUT2D eigenvalue weighted by atomic mass is 9.99. The van der Waals surface area contributed by atoms with Crippen molar-refractivity contribution in [3.05, 3.63) is 29.8 Å². The number of hydrogen-bond acceptors (Lipinski definition) is 3. The van der Waals surface area contributed by atoms with E-state index in [0.29, 0.717) is 12.5 Å². The molecule has 2 aliphatic rings. The number of amides is 2. The number of nitrogens with one attached hydrogen (secondary N) is 1. The summed E-state index contributed by atoms with van der Waals surface area (Å²) in [4.78, 5) is 14.8. The standard InChI is InChI=1S/C15H18N2O2S/c1-19-11-7-5-10(6-8-11)9-17-13-4-2-3-12(13)14(20)16-15(17)18/h5-8,12-13H,2-4,9H2,1H3,(H,16,18,20). The molecule has 5 heteroatoms. The van der Waals surface area contributed by atoms with Crippen molar-refractivity contribution in [1.82, 2.24) is 10.2 Å². The lowest BCUT2D eigenvalue weighted by molar-refractivity contribution is 0.159. The summed E-state index contributed by atoms with van der Waals surface area (Å²) in [5.41, 5.74) is 1.11. The molecule has 20 heavy (non-hydrogen) atoms. The van der Waals surface area contributed by atoms with Gasteiger partial charge in [0.25, 0.3) is 0 Å². The zero-order valence-corrected chi connectivity index (χ0v) is 12.3. The Hall–Kier alpha value is -1.62. The van der Waals surface area contributed by atoms with Gasteiger partial charge in [-0.2, -0.15) is 0 Å². The van der Waals surface area contributed by atoms with Gasteiger partial charge in [-0.15, -0.1) is 0 Å². The summed E-state index contributed by atoms with van der Waals surface area (Å²) in [5.74, 6) is 1.16. The first kappa shape index (κ1) is 13.4. The zero-order chi connectivity index (χ0) is 14.1. The fourth-order valence-electron chi connectivity index (χ4n) is 3.16. The zero-order valence-electron chi connectivity index (χ0n) is 11.5. The Morgan fingerprint density at radius 3 is 2.80 bits per heavy atom. The number of methoxy groups -OCH3 is 1. The van der Waals surface area contributed by atoms with Gasteiger partial charge in [0, 0.05) is 18.5 Å². The third kappa shape index (κ3) is 2.38. The maximum atomic E-state index is 12.2. The average Bonchev–Trinajstić information content (AvgIpc) is 2.94. The monoisotopic (exact) mass is 290 g/mol. The molecule has 106 valence electrons. The number of fused-ring (bicyclic) bond motifs is 1. The minimum absolute atomic E-state index is 0.0611. The minimum atomic E-state index is -0.0611. The maximum Gasteiger partial charge on any atom is 0.322 e. The molecule has 0 bridgehead atoms. The fourth-order valence-corrected chi connectivity index (χ4v) is 3.52. The summed E-state index contributed by atoms with van der Waals surface area (Å²) < 4.78 is 5.15. The number of carbonyl (C=O) groups is 1. The van der Waals surface area contributed by atoms with Gasteiger partial charge in [-0.1, -0.05) is 30.8 Å². The van der Waals surface area contributed by atoms with E-state index in [2.05, 4.69) is 5.32 Å². The summed E-state index contributed by atoms with van der Waals surface area (Å²) in [5, 5.41) is 2.84. The molecule has 1 N–H and O–H groups in total. The van der Waals surface area contributed by atoms with Gasteiger partial charge in [0.1, 0.15) is 5.75 Å². The molecule has 0 radical (unpaired) electrons. The fraction of sp³-hybridized carbons (Fsp3) is 0.467. The molecule has 1 aliphatic carbocycles. The van der Waals surface area contributed by atoms with Gasteiger partial charge in [0.05, 0.1) is 12.1 Å². The molecule has 4 nitrogen and oxygen atoms in total. The first-order valence-corrected chi connectivity index (χ1v) is 7.34. The van der Waals surface area contributed by atoms with Crippen LogP contribution in [0.3, 0.4) is 0 Å². The predicted octanol–water partition coefficient (Wildman–Crippen LogP) is 2.72. The summed E-state index contributed by atoms with van der Waals surface area (Å²) in [7, 11) is 1.65. The molecule has 1 saturated heterocycles. The summed E-state index contributed by atoms with van der Waals surface area (Å²) in [6.07, 6.45) is 3.28. The van der Waals surface area contributed by atoms with Crippen molar-refractivity contribution in [1.29, 1.82) is 0 Å². The Kier molecular flexibility index (Phi) is 3.61. The first-order valence-electron chi connectivity index (χ1n) is 6.93. The molecule has 2 atom stereocenters. The smallest absolute Gasteiger partial charge is 0.322 e. The topological polar surface area (TPSA) is 41.6 Å². The number of carbonyl (C=O) groups excluding carboxylic acids is 1. The normalized spacial score (nSPS) is 25.4. The van der Waals surface area contributed by atoms with Crippen LogP contribution in [0.1, 0.15) is 24.8 Å². The Balaban J connectivity index is 1.77. The van der Waals surface area contributed by atoms with Crippen molar-refractivity contribution in [2.24, 2.45) is 5.92 Å². The Bertz CT molecular complexity index is 529. The second kappa shape index (κ2) is 5.40. The average molecular weight is 290 g/mol. The van der Waals surface area contributed by atoms with Crippen molar-refractivity contribution in [3.63, 3.8) is 0 Å². The highest BCUT2D eigenvalue weighted by Crippen LogP contribution is 2.34. The third-order valence-electron chi connectivity index (χ3n) is 4.22. The Labute approximate surface area is 124 Å². The van der Waals surface area contributed by atoms with E-state index in [1.54, 1.807) is 7.11 Å². The molecule has 2 amide bonds. The van der Waals surface area contributed by atoms with E-state index in [0.717, 1.165) is 35.6 Å². The van der Waals surface area contributed by atoms with Crippen LogP contribution in [0.25, 0.3) is 0 Å². The molecule has 1 aliphatic heterocycles. The van der Waals surface area contributed by atoms with Gasteiger partial charge < -0.3 is 15.0 Å². The van der Waals surface area contributed by atoms with Crippen molar-refractivity contribution in [3.8, 4) is 5.75 Å².